The summed E-state index contributed by atoms with van der Waals surface area (Å²) in [7, 11) is 0. The lowest BCUT2D eigenvalue weighted by Crippen LogP contribution is -2.21. The number of rotatable bonds is 5. The second-order valence-electron chi connectivity index (χ2n) is 5.50. The summed E-state index contributed by atoms with van der Waals surface area (Å²) in [6.07, 6.45) is 2.46. The number of ether oxygens (including phenoxy) is 2. The van der Waals surface area contributed by atoms with Gasteiger partial charge in [-0.05, 0) is 31.9 Å². The first-order chi connectivity index (χ1) is 10.2. The third kappa shape index (κ3) is 2.58. The van der Waals surface area contributed by atoms with Gasteiger partial charge in [-0.2, -0.15) is 0 Å². The van der Waals surface area contributed by atoms with E-state index in [1.54, 1.807) is 0 Å². The van der Waals surface area contributed by atoms with Gasteiger partial charge < -0.3 is 19.8 Å². The summed E-state index contributed by atoms with van der Waals surface area (Å²) >= 11 is 0. The fraction of sp³-hybridized carbons (Fsp3) is 0.562. The van der Waals surface area contributed by atoms with E-state index in [-0.39, 0.29) is 0 Å². The topological polar surface area (TPSA) is 62.3 Å². The molecule has 0 spiro atoms. The van der Waals surface area contributed by atoms with E-state index >= 15 is 0 Å². The Labute approximate surface area is 125 Å². The maximum atomic E-state index is 6.14. The van der Waals surface area contributed by atoms with Crippen molar-refractivity contribution in [2.75, 3.05) is 18.9 Å². The van der Waals surface area contributed by atoms with Gasteiger partial charge in [0.1, 0.15) is 11.3 Å². The lowest BCUT2D eigenvalue weighted by molar-refractivity contribution is 0.0839. The number of nitrogens with two attached hydrogens (primary N) is 1. The van der Waals surface area contributed by atoms with Crippen molar-refractivity contribution in [2.24, 2.45) is 5.92 Å². The van der Waals surface area contributed by atoms with Crippen LogP contribution in [0.1, 0.15) is 26.7 Å². The van der Waals surface area contributed by atoms with Gasteiger partial charge in [0.25, 0.3) is 0 Å². The minimum Gasteiger partial charge on any atom is -0.492 e. The van der Waals surface area contributed by atoms with Crippen LogP contribution in [0.25, 0.3) is 11.0 Å². The van der Waals surface area contributed by atoms with E-state index in [0.717, 1.165) is 42.8 Å². The van der Waals surface area contributed by atoms with Gasteiger partial charge >= 0.3 is 0 Å². The lowest BCUT2D eigenvalue weighted by Gasteiger charge is -2.18. The number of para-hydroxylation sites is 1. The molecule has 2 aromatic rings. The predicted octanol–water partition coefficient (Wildman–Crippen LogP) is 2.83. The van der Waals surface area contributed by atoms with E-state index in [4.69, 9.17) is 15.2 Å². The molecule has 2 N–H and O–H groups in total. The molecule has 1 aliphatic rings. The molecule has 0 saturated carbocycles. The zero-order valence-electron chi connectivity index (χ0n) is 12.7. The van der Waals surface area contributed by atoms with Crippen LogP contribution in [0.5, 0.6) is 5.75 Å². The molecule has 1 aliphatic heterocycles. The van der Waals surface area contributed by atoms with E-state index < -0.39 is 0 Å². The van der Waals surface area contributed by atoms with Gasteiger partial charge in [-0.25, -0.2) is 4.98 Å². The highest BCUT2D eigenvalue weighted by Gasteiger charge is 2.28. The first kappa shape index (κ1) is 14.2. The Morgan fingerprint density at radius 2 is 2.29 bits per heavy atom. The van der Waals surface area contributed by atoms with Crippen molar-refractivity contribution in [3.63, 3.8) is 0 Å². The Bertz CT molecular complexity index is 623. The van der Waals surface area contributed by atoms with Gasteiger partial charge in [0.2, 0.25) is 5.95 Å². The van der Waals surface area contributed by atoms with E-state index in [2.05, 4.69) is 22.5 Å². The van der Waals surface area contributed by atoms with Crippen LogP contribution in [0.2, 0.25) is 0 Å². The van der Waals surface area contributed by atoms with Crippen LogP contribution in [-0.4, -0.2) is 28.9 Å². The van der Waals surface area contributed by atoms with Crippen LogP contribution < -0.4 is 10.5 Å². The molecular weight excluding hydrogens is 266 g/mol. The number of imidazole rings is 1. The Kier molecular flexibility index (Phi) is 4.01. The number of anilines is 1. The molecule has 1 aromatic carbocycles. The average Bonchev–Trinajstić information content (AvgIpc) is 3.06. The van der Waals surface area contributed by atoms with Gasteiger partial charge in [0, 0.05) is 19.1 Å². The third-order valence-corrected chi connectivity index (χ3v) is 4.24. The number of aromatic nitrogens is 2. The Balaban J connectivity index is 1.95. The molecule has 21 heavy (non-hydrogen) atoms. The number of nitrogens with zero attached hydrogens (tertiary/aromatic N) is 2. The van der Waals surface area contributed by atoms with Gasteiger partial charge in [-0.3, -0.25) is 0 Å². The molecule has 0 amide bonds. The lowest BCUT2D eigenvalue weighted by atomic mass is 9.99. The van der Waals surface area contributed by atoms with Crippen LogP contribution in [0.3, 0.4) is 0 Å². The van der Waals surface area contributed by atoms with E-state index in [9.17, 15) is 0 Å². The van der Waals surface area contributed by atoms with Crippen molar-refractivity contribution in [3.8, 4) is 5.75 Å². The fourth-order valence-corrected chi connectivity index (χ4v) is 3.19. The van der Waals surface area contributed by atoms with Crippen molar-refractivity contribution in [1.82, 2.24) is 9.55 Å². The van der Waals surface area contributed by atoms with Gasteiger partial charge in [0.05, 0.1) is 18.2 Å². The highest BCUT2D eigenvalue weighted by molar-refractivity contribution is 5.84. The van der Waals surface area contributed by atoms with Crippen molar-refractivity contribution in [1.29, 1.82) is 0 Å². The highest BCUT2D eigenvalue weighted by atomic mass is 16.5. The molecule has 2 atom stereocenters. The molecule has 114 valence electrons. The zero-order chi connectivity index (χ0) is 14.8. The molecule has 5 nitrogen and oxygen atoms in total. The van der Waals surface area contributed by atoms with Gasteiger partial charge in [0.15, 0.2) is 0 Å². The summed E-state index contributed by atoms with van der Waals surface area (Å²) in [5.74, 6) is 1.86. The summed E-state index contributed by atoms with van der Waals surface area (Å²) in [5.41, 5.74) is 8.03. The van der Waals surface area contributed by atoms with Crippen LogP contribution in [0.15, 0.2) is 18.2 Å². The number of hydrogen-bond donors (Lipinski definition) is 1. The second-order valence-corrected chi connectivity index (χ2v) is 5.50. The van der Waals surface area contributed by atoms with E-state index in [1.807, 2.05) is 19.1 Å². The molecule has 2 heterocycles. The smallest absolute Gasteiger partial charge is 0.201 e. The average molecular weight is 289 g/mol. The summed E-state index contributed by atoms with van der Waals surface area (Å²) in [4.78, 5) is 4.50. The van der Waals surface area contributed by atoms with Crippen molar-refractivity contribution in [2.45, 2.75) is 39.3 Å². The molecule has 1 saturated heterocycles. The summed E-state index contributed by atoms with van der Waals surface area (Å²) in [5, 5.41) is 0. The van der Waals surface area contributed by atoms with E-state index in [0.29, 0.717) is 24.6 Å². The fourth-order valence-electron chi connectivity index (χ4n) is 3.19. The van der Waals surface area contributed by atoms with Crippen LogP contribution >= 0.6 is 0 Å². The predicted molar refractivity (Wildman–Crippen MR) is 83.5 cm³/mol. The van der Waals surface area contributed by atoms with Gasteiger partial charge in [-0.1, -0.05) is 13.0 Å². The summed E-state index contributed by atoms with van der Waals surface area (Å²) in [6, 6.07) is 5.99. The van der Waals surface area contributed by atoms with Gasteiger partial charge in [-0.15, -0.1) is 0 Å². The molecule has 5 heteroatoms. The largest absolute Gasteiger partial charge is 0.492 e. The Morgan fingerprint density at radius 1 is 1.43 bits per heavy atom. The molecule has 0 bridgehead atoms. The standard InChI is InChI=1S/C16H23N3O2/c1-3-13-11(8-9-21-13)10-19-12-6-5-7-14(20-4-2)15(12)18-16(19)17/h5-7,11,13H,3-4,8-10H2,1-2H3,(H2,17,18). The third-order valence-electron chi connectivity index (χ3n) is 4.24. The molecule has 0 radical (unpaired) electrons. The van der Waals surface area contributed by atoms with Crippen molar-refractivity contribution >= 4 is 17.0 Å². The molecule has 1 aromatic heterocycles. The van der Waals surface area contributed by atoms with Crippen molar-refractivity contribution < 1.29 is 9.47 Å². The number of benzene rings is 1. The molecule has 3 rings (SSSR count). The minimum absolute atomic E-state index is 0.330. The minimum atomic E-state index is 0.330. The molecule has 0 aliphatic carbocycles. The van der Waals surface area contributed by atoms with Crippen molar-refractivity contribution in [3.05, 3.63) is 18.2 Å². The SMILES string of the molecule is CCOc1cccc2c1nc(N)n2CC1CCOC1CC. The maximum absolute atomic E-state index is 6.14. The van der Waals surface area contributed by atoms with E-state index in [1.165, 1.54) is 0 Å². The second kappa shape index (κ2) is 5.93. The Morgan fingerprint density at radius 3 is 3.05 bits per heavy atom. The summed E-state index contributed by atoms with van der Waals surface area (Å²) in [6.45, 7) is 6.48. The number of nitrogen functional groups attached to an aromatic ring is 1. The normalized spacial score (nSPS) is 22.0. The Hall–Kier alpha value is -1.75. The molecule has 2 unspecified atom stereocenters. The maximum Gasteiger partial charge on any atom is 0.201 e. The zero-order valence-corrected chi connectivity index (χ0v) is 12.7. The quantitative estimate of drug-likeness (QED) is 0.919. The highest BCUT2D eigenvalue weighted by Crippen LogP contribution is 2.31. The number of fused-ring (bicyclic) bond motifs is 1. The molecule has 1 fully saturated rings. The monoisotopic (exact) mass is 289 g/mol. The van der Waals surface area contributed by atoms with Crippen LogP contribution in [0, 0.1) is 5.92 Å². The van der Waals surface area contributed by atoms with Crippen LogP contribution in [-0.2, 0) is 11.3 Å². The first-order valence-electron chi connectivity index (χ1n) is 7.73. The molecular formula is C16H23N3O2. The first-order valence-corrected chi connectivity index (χ1v) is 7.73. The summed E-state index contributed by atoms with van der Waals surface area (Å²) < 4.78 is 13.5. The van der Waals surface area contributed by atoms with Crippen LogP contribution in [0.4, 0.5) is 5.95 Å². The number of hydrogen-bond acceptors (Lipinski definition) is 4.